The Hall–Kier alpha value is -2.26. The van der Waals surface area contributed by atoms with E-state index in [0.717, 1.165) is 11.3 Å². The van der Waals surface area contributed by atoms with E-state index in [1.807, 2.05) is 43.3 Å². The second-order valence-corrected chi connectivity index (χ2v) is 5.74. The molecule has 0 N–H and O–H groups in total. The monoisotopic (exact) mass is 316 g/mol. The third-order valence-electron chi connectivity index (χ3n) is 4.05. The van der Waals surface area contributed by atoms with Crippen LogP contribution in [0.2, 0.25) is 0 Å². The summed E-state index contributed by atoms with van der Waals surface area (Å²) in [5, 5.41) is 9.56. The summed E-state index contributed by atoms with van der Waals surface area (Å²) >= 11 is 0. The standard InChI is InChI=1S/C17H24N4O2/c1-4-23-17(22)21-11-9-20(10-12-21)16(13-18)14-5-7-15(8-6-14)19(2)3/h5-8,16H,4,9-12H2,1-3H3. The molecule has 2 rings (SSSR count). The Balaban J connectivity index is 2.00. The van der Waals surface area contributed by atoms with Crippen LogP contribution in [0.4, 0.5) is 10.5 Å². The molecule has 1 unspecified atom stereocenters. The molecule has 1 aliphatic rings. The number of nitrogens with zero attached hydrogens (tertiary/aromatic N) is 4. The highest BCUT2D eigenvalue weighted by molar-refractivity contribution is 5.67. The lowest BCUT2D eigenvalue weighted by Crippen LogP contribution is -2.49. The number of hydrogen-bond acceptors (Lipinski definition) is 5. The zero-order valence-corrected chi connectivity index (χ0v) is 14.0. The van der Waals surface area contributed by atoms with Gasteiger partial charge in [-0.15, -0.1) is 0 Å². The van der Waals surface area contributed by atoms with E-state index in [9.17, 15) is 10.1 Å². The van der Waals surface area contributed by atoms with Crippen molar-refractivity contribution < 1.29 is 9.53 Å². The molecule has 1 amide bonds. The minimum Gasteiger partial charge on any atom is -0.450 e. The molecule has 0 bridgehead atoms. The number of benzene rings is 1. The van der Waals surface area contributed by atoms with Crippen LogP contribution in [-0.2, 0) is 4.74 Å². The van der Waals surface area contributed by atoms with Crippen molar-refractivity contribution in [3.8, 4) is 6.07 Å². The minimum absolute atomic E-state index is 0.268. The van der Waals surface area contributed by atoms with Crippen molar-refractivity contribution in [3.05, 3.63) is 29.8 Å². The molecule has 1 aromatic rings. The molecule has 0 radical (unpaired) electrons. The normalized spacial score (nSPS) is 16.5. The van der Waals surface area contributed by atoms with Gasteiger partial charge in [-0.3, -0.25) is 4.90 Å². The number of hydrogen-bond donors (Lipinski definition) is 0. The molecule has 0 aromatic heterocycles. The molecule has 1 fully saturated rings. The van der Waals surface area contributed by atoms with Crippen molar-refractivity contribution in [2.24, 2.45) is 0 Å². The molecule has 1 aromatic carbocycles. The molecule has 0 saturated carbocycles. The minimum atomic E-state index is -0.282. The Morgan fingerprint density at radius 1 is 1.26 bits per heavy atom. The Bertz CT molecular complexity index is 557. The van der Waals surface area contributed by atoms with Gasteiger partial charge in [0.15, 0.2) is 0 Å². The van der Waals surface area contributed by atoms with Crippen molar-refractivity contribution in [2.45, 2.75) is 13.0 Å². The molecule has 1 atom stereocenters. The van der Waals surface area contributed by atoms with E-state index in [4.69, 9.17) is 4.74 Å². The van der Waals surface area contributed by atoms with Crippen LogP contribution < -0.4 is 4.90 Å². The van der Waals surface area contributed by atoms with Crippen LogP contribution in [0.5, 0.6) is 0 Å². The maximum Gasteiger partial charge on any atom is 0.409 e. The summed E-state index contributed by atoms with van der Waals surface area (Å²) in [5.41, 5.74) is 2.10. The Morgan fingerprint density at radius 2 is 1.87 bits per heavy atom. The number of anilines is 1. The molecule has 0 aliphatic carbocycles. The van der Waals surface area contributed by atoms with Gasteiger partial charge in [0.1, 0.15) is 6.04 Å². The average Bonchev–Trinajstić information content (AvgIpc) is 2.57. The van der Waals surface area contributed by atoms with Crippen LogP contribution in [0.15, 0.2) is 24.3 Å². The second kappa shape index (κ2) is 7.84. The van der Waals surface area contributed by atoms with Crippen LogP contribution in [0.3, 0.4) is 0 Å². The lowest BCUT2D eigenvalue weighted by atomic mass is 10.0. The van der Waals surface area contributed by atoms with E-state index in [1.54, 1.807) is 11.8 Å². The highest BCUT2D eigenvalue weighted by atomic mass is 16.6. The molecule has 0 spiro atoms. The summed E-state index contributed by atoms with van der Waals surface area (Å²) in [5.74, 6) is 0. The van der Waals surface area contributed by atoms with Crippen LogP contribution in [0.1, 0.15) is 18.5 Å². The van der Waals surface area contributed by atoms with Crippen LogP contribution in [0, 0.1) is 11.3 Å². The van der Waals surface area contributed by atoms with Crippen LogP contribution >= 0.6 is 0 Å². The lowest BCUT2D eigenvalue weighted by molar-refractivity contribution is 0.0733. The topological polar surface area (TPSA) is 59.8 Å². The fourth-order valence-corrected chi connectivity index (χ4v) is 2.70. The molecule has 1 saturated heterocycles. The fraction of sp³-hybridized carbons (Fsp3) is 0.529. The number of carbonyl (C=O) groups excluding carboxylic acids is 1. The van der Waals surface area contributed by atoms with Crippen molar-refractivity contribution in [1.29, 1.82) is 5.26 Å². The van der Waals surface area contributed by atoms with Gasteiger partial charge in [0, 0.05) is 46.0 Å². The SMILES string of the molecule is CCOC(=O)N1CCN(C(C#N)c2ccc(N(C)C)cc2)CC1. The predicted molar refractivity (Wildman–Crippen MR) is 89.3 cm³/mol. The quantitative estimate of drug-likeness (QED) is 0.851. The summed E-state index contributed by atoms with van der Waals surface area (Å²) in [6, 6.07) is 10.1. The zero-order chi connectivity index (χ0) is 16.8. The third kappa shape index (κ3) is 4.14. The molecule has 1 heterocycles. The third-order valence-corrected chi connectivity index (χ3v) is 4.05. The molecule has 6 nitrogen and oxygen atoms in total. The second-order valence-electron chi connectivity index (χ2n) is 5.74. The average molecular weight is 316 g/mol. The summed E-state index contributed by atoms with van der Waals surface area (Å²) in [7, 11) is 3.98. The van der Waals surface area contributed by atoms with Gasteiger partial charge in [-0.25, -0.2) is 4.79 Å². The van der Waals surface area contributed by atoms with Gasteiger partial charge in [-0.2, -0.15) is 5.26 Å². The van der Waals surface area contributed by atoms with Gasteiger partial charge in [0.2, 0.25) is 0 Å². The van der Waals surface area contributed by atoms with E-state index in [2.05, 4.69) is 11.0 Å². The summed E-state index contributed by atoms with van der Waals surface area (Å²) in [4.78, 5) is 17.6. The number of ether oxygens (including phenoxy) is 1. The van der Waals surface area contributed by atoms with Crippen molar-refractivity contribution in [2.75, 3.05) is 51.8 Å². The smallest absolute Gasteiger partial charge is 0.409 e. The maximum atomic E-state index is 11.7. The molecular weight excluding hydrogens is 292 g/mol. The number of piperazine rings is 1. The predicted octanol–water partition coefficient (Wildman–Crippen LogP) is 2.09. The molecule has 6 heteroatoms. The van der Waals surface area contributed by atoms with Gasteiger partial charge in [0.25, 0.3) is 0 Å². The number of nitriles is 1. The molecule has 1 aliphatic heterocycles. The molecular formula is C17H24N4O2. The first-order chi connectivity index (χ1) is 11.1. The van der Waals surface area contributed by atoms with Gasteiger partial charge in [-0.1, -0.05) is 12.1 Å². The fourth-order valence-electron chi connectivity index (χ4n) is 2.70. The van der Waals surface area contributed by atoms with Crippen molar-refractivity contribution >= 4 is 11.8 Å². The first kappa shape index (κ1) is 17.1. The summed E-state index contributed by atoms with van der Waals surface area (Å²) in [6.07, 6.45) is -0.268. The van der Waals surface area contributed by atoms with E-state index in [-0.39, 0.29) is 12.1 Å². The van der Waals surface area contributed by atoms with Gasteiger partial charge >= 0.3 is 6.09 Å². The number of rotatable bonds is 4. The van der Waals surface area contributed by atoms with Gasteiger partial charge in [0.05, 0.1) is 12.7 Å². The first-order valence-electron chi connectivity index (χ1n) is 7.89. The lowest BCUT2D eigenvalue weighted by Gasteiger charge is -2.36. The van der Waals surface area contributed by atoms with E-state index < -0.39 is 0 Å². The van der Waals surface area contributed by atoms with Gasteiger partial charge in [-0.05, 0) is 24.6 Å². The zero-order valence-electron chi connectivity index (χ0n) is 14.0. The highest BCUT2D eigenvalue weighted by Gasteiger charge is 2.27. The van der Waals surface area contributed by atoms with Gasteiger partial charge < -0.3 is 14.5 Å². The van der Waals surface area contributed by atoms with Crippen molar-refractivity contribution in [1.82, 2.24) is 9.80 Å². The van der Waals surface area contributed by atoms with Crippen LogP contribution in [0.25, 0.3) is 0 Å². The maximum absolute atomic E-state index is 11.7. The Morgan fingerprint density at radius 3 is 2.35 bits per heavy atom. The van der Waals surface area contributed by atoms with E-state index in [0.29, 0.717) is 32.8 Å². The summed E-state index contributed by atoms with van der Waals surface area (Å²) in [6.45, 7) is 4.72. The van der Waals surface area contributed by atoms with Crippen LogP contribution in [-0.4, -0.2) is 62.8 Å². The summed E-state index contributed by atoms with van der Waals surface area (Å²) < 4.78 is 5.02. The first-order valence-corrected chi connectivity index (χ1v) is 7.89. The Labute approximate surface area is 137 Å². The van der Waals surface area contributed by atoms with E-state index in [1.165, 1.54) is 0 Å². The van der Waals surface area contributed by atoms with Crippen molar-refractivity contribution in [3.63, 3.8) is 0 Å². The van der Waals surface area contributed by atoms with E-state index >= 15 is 0 Å². The highest BCUT2D eigenvalue weighted by Crippen LogP contribution is 2.24. The number of amides is 1. The Kier molecular flexibility index (Phi) is 5.83. The molecule has 124 valence electrons. The number of carbonyl (C=O) groups is 1. The molecule has 23 heavy (non-hydrogen) atoms. The largest absolute Gasteiger partial charge is 0.450 e.